The molecule has 6 heteroatoms. The Morgan fingerprint density at radius 2 is 1.65 bits per heavy atom. The predicted octanol–water partition coefficient (Wildman–Crippen LogP) is 4.20. The number of esters is 1. The van der Waals surface area contributed by atoms with E-state index in [1.54, 1.807) is 0 Å². The second-order valence-corrected chi connectivity index (χ2v) is 6.60. The Hall–Kier alpha value is -2.53. The molecule has 0 unspecified atom stereocenters. The summed E-state index contributed by atoms with van der Waals surface area (Å²) in [7, 11) is 1.41. The molecule has 5 nitrogen and oxygen atoms in total. The summed E-state index contributed by atoms with van der Waals surface area (Å²) in [5.41, 5.74) is 10.8. The van der Waals surface area contributed by atoms with Crippen molar-refractivity contribution < 1.29 is 19.1 Å². The highest BCUT2D eigenvalue weighted by atomic mass is 35.5. The summed E-state index contributed by atoms with van der Waals surface area (Å²) >= 11 is 5.96. The number of halogens is 1. The van der Waals surface area contributed by atoms with Crippen LogP contribution in [-0.2, 0) is 4.74 Å². The van der Waals surface area contributed by atoms with Crippen LogP contribution in [0, 0.1) is 27.7 Å². The van der Waals surface area contributed by atoms with Crippen LogP contribution < -0.4 is 10.5 Å². The Kier molecular flexibility index (Phi) is 5.93. The van der Waals surface area contributed by atoms with Crippen molar-refractivity contribution in [1.29, 1.82) is 0 Å². The van der Waals surface area contributed by atoms with E-state index >= 15 is 0 Å². The summed E-state index contributed by atoms with van der Waals surface area (Å²) in [6, 6.07) is 4.64. The van der Waals surface area contributed by atoms with Crippen LogP contribution in [-0.4, -0.2) is 25.5 Å². The molecule has 0 aliphatic rings. The van der Waals surface area contributed by atoms with E-state index in [1.165, 1.54) is 19.2 Å². The number of Topliss-reactive ketones (excluding diaryl/α,β-unsaturated/α-hetero) is 1. The Morgan fingerprint density at radius 3 is 2.27 bits per heavy atom. The third-order valence-corrected chi connectivity index (χ3v) is 4.98. The van der Waals surface area contributed by atoms with Crippen molar-refractivity contribution in [3.8, 4) is 5.75 Å². The average molecular weight is 376 g/mol. The molecule has 0 bridgehead atoms. The number of hydrogen-bond acceptors (Lipinski definition) is 5. The van der Waals surface area contributed by atoms with Crippen LogP contribution in [0.1, 0.15) is 43.0 Å². The zero-order chi connectivity index (χ0) is 19.6. The molecule has 2 aromatic carbocycles. The van der Waals surface area contributed by atoms with Crippen LogP contribution in [0.3, 0.4) is 0 Å². The molecule has 2 rings (SSSR count). The fraction of sp³-hybridized carbons (Fsp3) is 0.300. The van der Waals surface area contributed by atoms with E-state index in [0.29, 0.717) is 5.56 Å². The summed E-state index contributed by atoms with van der Waals surface area (Å²) < 4.78 is 10.3. The maximum atomic E-state index is 12.5. The number of ketones is 1. The van der Waals surface area contributed by atoms with E-state index in [-0.39, 0.29) is 34.4 Å². The number of anilines is 1. The monoisotopic (exact) mass is 375 g/mol. The van der Waals surface area contributed by atoms with E-state index in [4.69, 9.17) is 26.8 Å². The lowest BCUT2D eigenvalue weighted by Gasteiger charge is -2.14. The van der Waals surface area contributed by atoms with Crippen LogP contribution in [0.5, 0.6) is 5.75 Å². The summed E-state index contributed by atoms with van der Waals surface area (Å²) in [6.07, 6.45) is 0. The standard InChI is InChI=1S/C20H22ClNO4/c1-10-6-14(13(4)12(3)11(10)2)18(23)9-26-20(24)15-7-16(21)17(22)8-19(15)25-5/h6-8H,9,22H2,1-5H3. The van der Waals surface area contributed by atoms with Gasteiger partial charge in [-0.05, 0) is 62.1 Å². The van der Waals surface area contributed by atoms with Gasteiger partial charge in [0.1, 0.15) is 11.3 Å². The minimum atomic E-state index is -0.699. The largest absolute Gasteiger partial charge is 0.496 e. The zero-order valence-corrected chi connectivity index (χ0v) is 16.3. The lowest BCUT2D eigenvalue weighted by molar-refractivity contribution is 0.0471. The van der Waals surface area contributed by atoms with Crippen LogP contribution >= 0.6 is 11.6 Å². The van der Waals surface area contributed by atoms with Gasteiger partial charge < -0.3 is 15.2 Å². The quantitative estimate of drug-likeness (QED) is 0.481. The molecular formula is C20H22ClNO4. The number of hydrogen-bond donors (Lipinski definition) is 1. The fourth-order valence-corrected chi connectivity index (χ4v) is 2.85. The maximum absolute atomic E-state index is 12.5. The number of rotatable bonds is 5. The van der Waals surface area contributed by atoms with E-state index in [2.05, 4.69) is 0 Å². The molecule has 2 aromatic rings. The van der Waals surface area contributed by atoms with E-state index in [0.717, 1.165) is 22.3 Å². The predicted molar refractivity (Wildman–Crippen MR) is 102 cm³/mol. The van der Waals surface area contributed by atoms with Gasteiger partial charge in [0.15, 0.2) is 6.61 Å². The highest BCUT2D eigenvalue weighted by Crippen LogP contribution is 2.29. The topological polar surface area (TPSA) is 78.6 Å². The van der Waals surface area contributed by atoms with Gasteiger partial charge in [-0.25, -0.2) is 4.79 Å². The Morgan fingerprint density at radius 1 is 1.00 bits per heavy atom. The molecule has 0 radical (unpaired) electrons. The van der Waals surface area contributed by atoms with Crippen molar-refractivity contribution in [3.63, 3.8) is 0 Å². The Bertz CT molecular complexity index is 890. The first kappa shape index (κ1) is 19.8. The average Bonchev–Trinajstić information content (AvgIpc) is 2.62. The number of ether oxygens (including phenoxy) is 2. The molecule has 0 heterocycles. The lowest BCUT2D eigenvalue weighted by Crippen LogP contribution is -2.17. The maximum Gasteiger partial charge on any atom is 0.342 e. The summed E-state index contributed by atoms with van der Waals surface area (Å²) in [6.45, 7) is 7.46. The number of nitrogen functional groups attached to an aromatic ring is 1. The highest BCUT2D eigenvalue weighted by molar-refractivity contribution is 6.33. The minimum Gasteiger partial charge on any atom is -0.496 e. The molecule has 0 aromatic heterocycles. The molecule has 0 saturated heterocycles. The number of carbonyl (C=O) groups excluding carboxylic acids is 2. The van der Waals surface area contributed by atoms with Gasteiger partial charge in [-0.15, -0.1) is 0 Å². The fourth-order valence-electron chi connectivity index (χ4n) is 2.69. The molecule has 0 atom stereocenters. The van der Waals surface area contributed by atoms with Gasteiger partial charge in [0, 0.05) is 11.6 Å². The smallest absolute Gasteiger partial charge is 0.342 e. The second kappa shape index (κ2) is 7.79. The number of aryl methyl sites for hydroxylation is 1. The van der Waals surface area contributed by atoms with Gasteiger partial charge in [0.25, 0.3) is 0 Å². The first-order valence-corrected chi connectivity index (χ1v) is 8.45. The van der Waals surface area contributed by atoms with Gasteiger partial charge in [-0.1, -0.05) is 11.6 Å². The van der Waals surface area contributed by atoms with E-state index in [9.17, 15) is 9.59 Å². The van der Waals surface area contributed by atoms with Crippen molar-refractivity contribution in [1.82, 2.24) is 0 Å². The molecule has 0 spiro atoms. The molecule has 0 saturated carbocycles. The molecule has 26 heavy (non-hydrogen) atoms. The van der Waals surface area contributed by atoms with Gasteiger partial charge in [-0.2, -0.15) is 0 Å². The van der Waals surface area contributed by atoms with Crippen molar-refractivity contribution >= 4 is 29.0 Å². The van der Waals surface area contributed by atoms with Gasteiger partial charge >= 0.3 is 5.97 Å². The van der Waals surface area contributed by atoms with E-state index < -0.39 is 5.97 Å². The zero-order valence-electron chi connectivity index (χ0n) is 15.5. The number of methoxy groups -OCH3 is 1. The molecule has 0 fully saturated rings. The van der Waals surface area contributed by atoms with Crippen LogP contribution in [0.2, 0.25) is 5.02 Å². The molecule has 0 aliphatic heterocycles. The normalized spacial score (nSPS) is 10.5. The Labute approximate surface area is 158 Å². The second-order valence-electron chi connectivity index (χ2n) is 6.19. The van der Waals surface area contributed by atoms with Crippen molar-refractivity contribution in [2.45, 2.75) is 27.7 Å². The highest BCUT2D eigenvalue weighted by Gasteiger charge is 2.20. The third-order valence-electron chi connectivity index (χ3n) is 4.65. The minimum absolute atomic E-state index is 0.118. The number of nitrogens with two attached hydrogens (primary N) is 1. The Balaban J connectivity index is 2.21. The summed E-state index contributed by atoms with van der Waals surface area (Å²) in [4.78, 5) is 24.9. The van der Waals surface area contributed by atoms with Crippen molar-refractivity contribution in [3.05, 3.63) is 56.6 Å². The molecule has 0 amide bonds. The number of carbonyl (C=O) groups is 2. The van der Waals surface area contributed by atoms with Crippen molar-refractivity contribution in [2.24, 2.45) is 0 Å². The van der Waals surface area contributed by atoms with Crippen LogP contribution in [0.4, 0.5) is 5.69 Å². The van der Waals surface area contributed by atoms with Crippen LogP contribution in [0.25, 0.3) is 0 Å². The van der Waals surface area contributed by atoms with Gasteiger partial charge in [-0.3, -0.25) is 4.79 Å². The molecule has 0 aliphatic carbocycles. The first-order chi connectivity index (χ1) is 12.2. The van der Waals surface area contributed by atoms with Crippen LogP contribution in [0.15, 0.2) is 18.2 Å². The third kappa shape index (κ3) is 3.83. The molecule has 138 valence electrons. The lowest BCUT2D eigenvalue weighted by atomic mass is 9.93. The molecule has 2 N–H and O–H groups in total. The molecular weight excluding hydrogens is 354 g/mol. The SMILES string of the molecule is COc1cc(N)c(Cl)cc1C(=O)OCC(=O)c1cc(C)c(C)c(C)c1C. The van der Waals surface area contributed by atoms with Crippen molar-refractivity contribution in [2.75, 3.05) is 19.5 Å². The van der Waals surface area contributed by atoms with Gasteiger partial charge in [0.2, 0.25) is 5.78 Å². The number of benzene rings is 2. The summed E-state index contributed by atoms with van der Waals surface area (Å²) in [5, 5.41) is 0.213. The summed E-state index contributed by atoms with van der Waals surface area (Å²) in [5.74, 6) is -0.722. The first-order valence-electron chi connectivity index (χ1n) is 8.08. The van der Waals surface area contributed by atoms with Gasteiger partial charge in [0.05, 0.1) is 17.8 Å². The van der Waals surface area contributed by atoms with E-state index in [1.807, 2.05) is 33.8 Å².